The second kappa shape index (κ2) is 5.18. The third-order valence-electron chi connectivity index (χ3n) is 3.56. The topological polar surface area (TPSA) is 24.9 Å². The van der Waals surface area contributed by atoms with Crippen LogP contribution in [-0.4, -0.2) is 4.98 Å². The molecule has 2 nitrogen and oxygen atoms in total. The normalized spacial score (nSPS) is 18.2. The lowest BCUT2D eigenvalue weighted by molar-refractivity contribution is -0.137. The first-order valence-corrected chi connectivity index (χ1v) is 7.29. The van der Waals surface area contributed by atoms with E-state index in [1.165, 1.54) is 23.5 Å². The molecule has 0 saturated carbocycles. The second-order valence-corrected chi connectivity index (χ2v) is 5.58. The molecular formula is C14H13F3N2S. The zero-order valence-corrected chi connectivity index (χ0v) is 11.4. The van der Waals surface area contributed by atoms with Gasteiger partial charge in [0.2, 0.25) is 0 Å². The molecule has 0 saturated heterocycles. The van der Waals surface area contributed by atoms with Crippen molar-refractivity contribution in [3.8, 4) is 0 Å². The van der Waals surface area contributed by atoms with Crippen molar-refractivity contribution in [1.29, 1.82) is 0 Å². The van der Waals surface area contributed by atoms with Crippen LogP contribution in [0.2, 0.25) is 0 Å². The fourth-order valence-electron chi connectivity index (χ4n) is 2.56. The van der Waals surface area contributed by atoms with E-state index in [1.54, 1.807) is 11.6 Å². The van der Waals surface area contributed by atoms with Crippen LogP contribution in [0.15, 0.2) is 29.1 Å². The average Bonchev–Trinajstić information content (AvgIpc) is 3.04. The minimum absolute atomic E-state index is 0.119. The summed E-state index contributed by atoms with van der Waals surface area (Å²) in [6.45, 7) is 0.647. The van der Waals surface area contributed by atoms with Crippen LogP contribution < -0.4 is 5.32 Å². The van der Waals surface area contributed by atoms with Gasteiger partial charge in [0.1, 0.15) is 0 Å². The molecule has 0 aliphatic heterocycles. The lowest BCUT2D eigenvalue weighted by atomic mass is 10.0. The Kier molecular flexibility index (Phi) is 3.52. The number of hydrogen-bond donors (Lipinski definition) is 1. The highest BCUT2D eigenvalue weighted by atomic mass is 32.1. The molecule has 1 aliphatic rings. The molecule has 106 valence electrons. The average molecular weight is 298 g/mol. The largest absolute Gasteiger partial charge is 0.416 e. The van der Waals surface area contributed by atoms with Crippen LogP contribution in [-0.2, 0) is 19.1 Å². The number of aromatic nitrogens is 1. The van der Waals surface area contributed by atoms with Crippen molar-refractivity contribution in [2.45, 2.75) is 31.6 Å². The van der Waals surface area contributed by atoms with E-state index < -0.39 is 11.7 Å². The molecule has 0 spiro atoms. The number of hydrogen-bond acceptors (Lipinski definition) is 3. The van der Waals surface area contributed by atoms with Gasteiger partial charge >= 0.3 is 6.18 Å². The van der Waals surface area contributed by atoms with Crippen molar-refractivity contribution in [3.63, 3.8) is 0 Å². The molecule has 0 bridgehead atoms. The van der Waals surface area contributed by atoms with Crippen LogP contribution in [0.1, 0.15) is 34.8 Å². The number of rotatable bonds is 3. The summed E-state index contributed by atoms with van der Waals surface area (Å²) in [5.74, 6) is 0. The van der Waals surface area contributed by atoms with Gasteiger partial charge in [-0.05, 0) is 36.1 Å². The van der Waals surface area contributed by atoms with Gasteiger partial charge in [0, 0.05) is 18.0 Å². The van der Waals surface area contributed by atoms with Crippen molar-refractivity contribution >= 4 is 11.3 Å². The predicted molar refractivity (Wildman–Crippen MR) is 71.5 cm³/mol. The number of alkyl halides is 3. The summed E-state index contributed by atoms with van der Waals surface area (Å²) in [6, 6.07) is 4.17. The second-order valence-electron chi connectivity index (χ2n) is 4.86. The number of halogens is 3. The maximum atomic E-state index is 12.7. The monoisotopic (exact) mass is 298 g/mol. The van der Waals surface area contributed by atoms with Gasteiger partial charge in [0.15, 0.2) is 0 Å². The van der Waals surface area contributed by atoms with E-state index in [1.807, 2.05) is 5.38 Å². The third-order valence-corrected chi connectivity index (χ3v) is 4.20. The van der Waals surface area contributed by atoms with E-state index in [0.717, 1.165) is 23.2 Å². The summed E-state index contributed by atoms with van der Waals surface area (Å²) in [7, 11) is 0. The van der Waals surface area contributed by atoms with Gasteiger partial charge in [0.05, 0.1) is 16.8 Å². The number of thiazole rings is 1. The molecule has 1 heterocycles. The van der Waals surface area contributed by atoms with Gasteiger partial charge in [-0.3, -0.25) is 0 Å². The standard InChI is InChI=1S/C14H13F3N2S/c15-14(16,17)10-2-3-12-9(5-10)1-4-13(12)18-6-11-7-20-8-19-11/h2-3,5,7-8,13,18H,1,4,6H2. The van der Waals surface area contributed by atoms with Gasteiger partial charge in [-0.25, -0.2) is 4.98 Å². The van der Waals surface area contributed by atoms with Gasteiger partial charge in [-0.15, -0.1) is 11.3 Å². The molecule has 20 heavy (non-hydrogen) atoms. The summed E-state index contributed by atoms with van der Waals surface area (Å²) in [4.78, 5) is 4.19. The highest BCUT2D eigenvalue weighted by Crippen LogP contribution is 2.36. The number of benzene rings is 1. The van der Waals surface area contributed by atoms with Crippen molar-refractivity contribution in [2.75, 3.05) is 0 Å². The summed E-state index contributed by atoms with van der Waals surface area (Å²) in [5, 5.41) is 5.33. The molecule has 1 N–H and O–H groups in total. The molecule has 6 heteroatoms. The zero-order valence-electron chi connectivity index (χ0n) is 10.6. The third kappa shape index (κ3) is 2.71. The van der Waals surface area contributed by atoms with Crippen LogP contribution >= 0.6 is 11.3 Å². The Balaban J connectivity index is 1.74. The zero-order chi connectivity index (χ0) is 14.2. The molecule has 0 radical (unpaired) electrons. The molecule has 1 aromatic carbocycles. The van der Waals surface area contributed by atoms with Gasteiger partial charge in [-0.2, -0.15) is 13.2 Å². The van der Waals surface area contributed by atoms with Crippen LogP contribution in [0, 0.1) is 0 Å². The highest BCUT2D eigenvalue weighted by molar-refractivity contribution is 7.07. The summed E-state index contributed by atoms with van der Waals surface area (Å²) in [6.07, 6.45) is -2.74. The van der Waals surface area contributed by atoms with Crippen LogP contribution in [0.4, 0.5) is 13.2 Å². The van der Waals surface area contributed by atoms with Crippen molar-refractivity contribution < 1.29 is 13.2 Å². The molecule has 0 amide bonds. The first-order chi connectivity index (χ1) is 9.54. The summed E-state index contributed by atoms with van der Waals surface area (Å²) < 4.78 is 38.0. The van der Waals surface area contributed by atoms with Crippen LogP contribution in [0.25, 0.3) is 0 Å². The Hall–Kier alpha value is -1.40. The van der Waals surface area contributed by atoms with Crippen LogP contribution in [0.5, 0.6) is 0 Å². The minimum atomic E-state index is -4.26. The SMILES string of the molecule is FC(F)(F)c1ccc2c(c1)CCC2NCc1cscn1. The van der Waals surface area contributed by atoms with Crippen molar-refractivity contribution in [2.24, 2.45) is 0 Å². The molecule has 1 aliphatic carbocycles. The maximum Gasteiger partial charge on any atom is 0.416 e. The number of aryl methyl sites for hydroxylation is 1. The Labute approximate surface area is 118 Å². The number of fused-ring (bicyclic) bond motifs is 1. The molecule has 1 atom stereocenters. The van der Waals surface area contributed by atoms with E-state index in [4.69, 9.17) is 0 Å². The fraction of sp³-hybridized carbons (Fsp3) is 0.357. The number of nitrogens with one attached hydrogen (secondary N) is 1. The molecule has 1 unspecified atom stereocenters. The van der Waals surface area contributed by atoms with E-state index in [2.05, 4.69) is 10.3 Å². The molecular weight excluding hydrogens is 285 g/mol. The summed E-state index contributed by atoms with van der Waals surface area (Å²) in [5.41, 5.74) is 3.96. The van der Waals surface area contributed by atoms with Gasteiger partial charge in [-0.1, -0.05) is 6.07 Å². The lowest BCUT2D eigenvalue weighted by Crippen LogP contribution is -2.19. The Morgan fingerprint density at radius 2 is 2.20 bits per heavy atom. The van der Waals surface area contributed by atoms with Gasteiger partial charge < -0.3 is 5.32 Å². The minimum Gasteiger partial charge on any atom is -0.304 e. The smallest absolute Gasteiger partial charge is 0.304 e. The Bertz CT molecular complexity index is 593. The predicted octanol–water partition coefficient (Wildman–Crippen LogP) is 3.94. The van der Waals surface area contributed by atoms with E-state index in [-0.39, 0.29) is 6.04 Å². The fourth-order valence-corrected chi connectivity index (χ4v) is 3.12. The first-order valence-electron chi connectivity index (χ1n) is 6.34. The molecule has 3 rings (SSSR count). The van der Waals surface area contributed by atoms with E-state index in [9.17, 15) is 13.2 Å². The Morgan fingerprint density at radius 3 is 2.90 bits per heavy atom. The van der Waals surface area contributed by atoms with Crippen molar-refractivity contribution in [3.05, 3.63) is 51.5 Å². The first kappa shape index (κ1) is 13.6. The molecule has 0 fully saturated rings. The van der Waals surface area contributed by atoms with E-state index >= 15 is 0 Å². The van der Waals surface area contributed by atoms with E-state index in [0.29, 0.717) is 13.0 Å². The van der Waals surface area contributed by atoms with Crippen LogP contribution in [0.3, 0.4) is 0 Å². The van der Waals surface area contributed by atoms with Crippen molar-refractivity contribution in [1.82, 2.24) is 10.3 Å². The maximum absolute atomic E-state index is 12.7. The number of nitrogens with zero attached hydrogens (tertiary/aromatic N) is 1. The Morgan fingerprint density at radius 1 is 1.35 bits per heavy atom. The molecule has 1 aromatic heterocycles. The quantitative estimate of drug-likeness (QED) is 0.928. The lowest BCUT2D eigenvalue weighted by Gasteiger charge is -2.14. The van der Waals surface area contributed by atoms with Gasteiger partial charge in [0.25, 0.3) is 0 Å². The summed E-state index contributed by atoms with van der Waals surface area (Å²) >= 11 is 1.54. The molecule has 2 aromatic rings. The highest BCUT2D eigenvalue weighted by Gasteiger charge is 2.32.